The lowest BCUT2D eigenvalue weighted by molar-refractivity contribution is -0.155. The number of esters is 1. The van der Waals surface area contributed by atoms with E-state index >= 15 is 0 Å². The van der Waals surface area contributed by atoms with Gasteiger partial charge in [-0.2, -0.15) is 11.8 Å². The van der Waals surface area contributed by atoms with Crippen LogP contribution in [0.5, 0.6) is 0 Å². The lowest BCUT2D eigenvalue weighted by Crippen LogP contribution is -2.54. The molecule has 2 fully saturated rings. The van der Waals surface area contributed by atoms with Gasteiger partial charge in [0.15, 0.2) is 5.12 Å². The van der Waals surface area contributed by atoms with Crippen molar-refractivity contribution in [1.82, 2.24) is 10.2 Å². The summed E-state index contributed by atoms with van der Waals surface area (Å²) in [4.78, 5) is 54.2. The summed E-state index contributed by atoms with van der Waals surface area (Å²) < 4.78 is 5.50. The Hall–Kier alpha value is -2.04. The third kappa shape index (κ3) is 10.1. The number of aliphatic hydroxyl groups excluding tert-OH is 1. The van der Waals surface area contributed by atoms with Crippen molar-refractivity contribution in [2.45, 2.75) is 90.5 Å². The maximum absolute atomic E-state index is 13.8. The van der Waals surface area contributed by atoms with Crippen LogP contribution in [0.3, 0.4) is 0 Å². The zero-order chi connectivity index (χ0) is 29.1. The number of hydrogen-bond donors (Lipinski definition) is 2. The van der Waals surface area contributed by atoms with Crippen LogP contribution < -0.4 is 5.32 Å². The minimum absolute atomic E-state index is 0.0142. The van der Waals surface area contributed by atoms with E-state index in [2.05, 4.69) is 5.32 Å². The SMILES string of the molecule is CC(C)(C)C(=O)SCC1CCCCCCCSC[C@@H](C(=O)N2CC(O)C[C@H]2C(=O)OCc2ccccc2)NC1=O. The Morgan fingerprint density at radius 3 is 2.52 bits per heavy atom. The van der Waals surface area contributed by atoms with Crippen LogP contribution in [0.25, 0.3) is 0 Å². The Morgan fingerprint density at radius 2 is 1.80 bits per heavy atom. The van der Waals surface area contributed by atoms with Gasteiger partial charge in [-0.3, -0.25) is 14.4 Å². The van der Waals surface area contributed by atoms with E-state index in [1.807, 2.05) is 51.1 Å². The molecule has 0 saturated carbocycles. The van der Waals surface area contributed by atoms with E-state index < -0.39 is 35.5 Å². The molecule has 2 aliphatic rings. The molecule has 1 aromatic rings. The van der Waals surface area contributed by atoms with Gasteiger partial charge in [0.1, 0.15) is 18.7 Å². The van der Waals surface area contributed by atoms with Gasteiger partial charge in [-0.15, -0.1) is 0 Å². The zero-order valence-corrected chi connectivity index (χ0v) is 25.6. The van der Waals surface area contributed by atoms with E-state index in [1.165, 1.54) is 16.7 Å². The normalized spacial score (nSPS) is 25.2. The van der Waals surface area contributed by atoms with Gasteiger partial charge in [-0.05, 0) is 24.2 Å². The minimum atomic E-state index is -0.909. The molecule has 0 aromatic heterocycles. The summed E-state index contributed by atoms with van der Waals surface area (Å²) in [6.07, 6.45) is 5.07. The Bertz CT molecular complexity index is 1000. The summed E-state index contributed by atoms with van der Waals surface area (Å²) in [6.45, 7) is 5.69. The summed E-state index contributed by atoms with van der Waals surface area (Å²) in [5, 5.41) is 13.4. The fraction of sp³-hybridized carbons (Fsp3) is 0.667. The van der Waals surface area contributed by atoms with Crippen LogP contribution in [0.1, 0.15) is 71.3 Å². The number of nitrogens with one attached hydrogen (secondary N) is 1. The van der Waals surface area contributed by atoms with Crippen molar-refractivity contribution in [1.29, 1.82) is 0 Å². The molecule has 8 nitrogen and oxygen atoms in total. The van der Waals surface area contributed by atoms with Crippen LogP contribution in [0.15, 0.2) is 30.3 Å². The van der Waals surface area contributed by atoms with Crippen molar-refractivity contribution in [3.63, 3.8) is 0 Å². The fourth-order valence-corrected chi connectivity index (χ4v) is 6.92. The summed E-state index contributed by atoms with van der Waals surface area (Å²) in [5.41, 5.74) is 0.334. The lowest BCUT2D eigenvalue weighted by Gasteiger charge is -2.29. The number of benzene rings is 1. The van der Waals surface area contributed by atoms with E-state index in [0.717, 1.165) is 43.4 Å². The molecule has 10 heteroatoms. The smallest absolute Gasteiger partial charge is 0.329 e. The lowest BCUT2D eigenvalue weighted by atomic mass is 9.99. The Balaban J connectivity index is 1.71. The second-order valence-electron chi connectivity index (χ2n) is 11.7. The van der Waals surface area contributed by atoms with E-state index in [1.54, 1.807) is 11.8 Å². The average Bonchev–Trinajstić information content (AvgIpc) is 3.32. The molecule has 222 valence electrons. The molecule has 0 aliphatic carbocycles. The second-order valence-corrected chi connectivity index (χ2v) is 13.9. The highest BCUT2D eigenvalue weighted by atomic mass is 32.2. The summed E-state index contributed by atoms with van der Waals surface area (Å²) >= 11 is 2.80. The number of rotatable bonds is 6. The van der Waals surface area contributed by atoms with Crippen molar-refractivity contribution < 1.29 is 29.0 Å². The molecule has 40 heavy (non-hydrogen) atoms. The third-order valence-corrected chi connectivity index (χ3v) is 9.79. The van der Waals surface area contributed by atoms with Gasteiger partial charge in [0.2, 0.25) is 11.8 Å². The molecule has 0 radical (unpaired) electrons. The Labute approximate surface area is 246 Å². The van der Waals surface area contributed by atoms with Crippen LogP contribution in [0.4, 0.5) is 0 Å². The monoisotopic (exact) mass is 592 g/mol. The van der Waals surface area contributed by atoms with Crippen molar-refractivity contribution in [3.8, 4) is 0 Å². The quantitative estimate of drug-likeness (QED) is 0.473. The Kier molecular flexibility index (Phi) is 12.8. The summed E-state index contributed by atoms with van der Waals surface area (Å²) in [7, 11) is 0. The molecule has 4 atom stereocenters. The first-order valence-corrected chi connectivity index (χ1v) is 16.4. The molecular weight excluding hydrogens is 548 g/mol. The van der Waals surface area contributed by atoms with E-state index in [-0.39, 0.29) is 36.5 Å². The van der Waals surface area contributed by atoms with Crippen molar-refractivity contribution >= 4 is 46.4 Å². The van der Waals surface area contributed by atoms with Crippen molar-refractivity contribution in [3.05, 3.63) is 35.9 Å². The molecule has 2 amide bonds. The molecular formula is C30H44N2O6S2. The number of likely N-dealkylation sites (tertiary alicyclic amines) is 1. The maximum Gasteiger partial charge on any atom is 0.329 e. The van der Waals surface area contributed by atoms with Gasteiger partial charge >= 0.3 is 5.97 Å². The molecule has 3 rings (SSSR count). The maximum atomic E-state index is 13.8. The second kappa shape index (κ2) is 15.8. The molecule has 2 aliphatic heterocycles. The van der Waals surface area contributed by atoms with Gasteiger partial charge < -0.3 is 20.1 Å². The molecule has 1 aromatic carbocycles. The van der Waals surface area contributed by atoms with Gasteiger partial charge in [0.05, 0.1) is 6.10 Å². The molecule has 2 N–H and O–H groups in total. The van der Waals surface area contributed by atoms with Crippen molar-refractivity contribution in [2.24, 2.45) is 11.3 Å². The van der Waals surface area contributed by atoms with Crippen LogP contribution in [0.2, 0.25) is 0 Å². The molecule has 2 unspecified atom stereocenters. The average molecular weight is 593 g/mol. The van der Waals surface area contributed by atoms with Gasteiger partial charge in [-0.25, -0.2) is 4.79 Å². The van der Waals surface area contributed by atoms with Gasteiger partial charge in [0, 0.05) is 35.8 Å². The Morgan fingerprint density at radius 1 is 1.10 bits per heavy atom. The van der Waals surface area contributed by atoms with E-state index in [9.17, 15) is 24.3 Å². The van der Waals surface area contributed by atoms with Crippen LogP contribution >= 0.6 is 23.5 Å². The highest BCUT2D eigenvalue weighted by molar-refractivity contribution is 8.13. The number of amides is 2. The van der Waals surface area contributed by atoms with Gasteiger partial charge in [-0.1, -0.05) is 88.5 Å². The highest BCUT2D eigenvalue weighted by Crippen LogP contribution is 2.27. The highest BCUT2D eigenvalue weighted by Gasteiger charge is 2.42. The van der Waals surface area contributed by atoms with Crippen LogP contribution in [-0.4, -0.2) is 74.9 Å². The first-order chi connectivity index (χ1) is 19.1. The number of aliphatic hydroxyl groups is 1. The molecule has 2 heterocycles. The number of thioether (sulfide) groups is 2. The predicted molar refractivity (Wildman–Crippen MR) is 160 cm³/mol. The van der Waals surface area contributed by atoms with E-state index in [4.69, 9.17) is 4.74 Å². The van der Waals surface area contributed by atoms with Crippen LogP contribution in [0, 0.1) is 11.3 Å². The zero-order valence-electron chi connectivity index (χ0n) is 23.9. The standard InChI is InChI=1S/C30H44N2O6S2/c1-30(2,3)29(37)40-19-22-14-10-5-4-6-11-15-39-20-24(31-26(22)34)27(35)32-17-23(33)16-25(32)28(36)38-18-21-12-8-7-9-13-21/h7-9,12-13,22-25,33H,4-6,10-11,14-20H2,1-3H3,(H,31,34)/t22?,23?,24-,25-/m0/s1. The summed E-state index contributed by atoms with van der Waals surface area (Å²) in [5.74, 6) is 0.0443. The largest absolute Gasteiger partial charge is 0.459 e. The number of β-amino-alcohol motifs (C(OH)–C–C–N with tert-alkyl or cyclic N) is 1. The number of carbonyl (C=O) groups excluding carboxylic acids is 4. The topological polar surface area (TPSA) is 113 Å². The fourth-order valence-electron chi connectivity index (χ4n) is 4.78. The first kappa shape index (κ1) is 32.5. The summed E-state index contributed by atoms with van der Waals surface area (Å²) in [6, 6.07) is 7.55. The molecule has 0 bridgehead atoms. The number of nitrogens with zero attached hydrogens (tertiary/aromatic N) is 1. The predicted octanol–water partition coefficient (Wildman–Crippen LogP) is 4.19. The van der Waals surface area contributed by atoms with Crippen LogP contribution in [-0.2, 0) is 30.5 Å². The molecule has 2 saturated heterocycles. The van der Waals surface area contributed by atoms with Crippen molar-refractivity contribution in [2.75, 3.05) is 23.8 Å². The minimum Gasteiger partial charge on any atom is -0.459 e. The third-order valence-electron chi connectivity index (χ3n) is 7.20. The first-order valence-electron chi connectivity index (χ1n) is 14.3. The number of carbonyl (C=O) groups is 4. The molecule has 0 spiro atoms. The van der Waals surface area contributed by atoms with E-state index in [0.29, 0.717) is 17.9 Å². The number of ether oxygens (including phenoxy) is 1. The van der Waals surface area contributed by atoms with Gasteiger partial charge in [0.25, 0.3) is 0 Å². The number of hydrogen-bond acceptors (Lipinski definition) is 8.